The molecule has 2 rings (SSSR count). The van der Waals surface area contributed by atoms with Gasteiger partial charge in [0.2, 0.25) is 21.9 Å². The normalized spacial score (nSPS) is 17.3. The van der Waals surface area contributed by atoms with Gasteiger partial charge in [-0.05, 0) is 12.8 Å². The molecule has 1 fully saturated rings. The fourth-order valence-corrected chi connectivity index (χ4v) is 3.78. The second kappa shape index (κ2) is 7.09. The van der Waals surface area contributed by atoms with Crippen LogP contribution in [-0.4, -0.2) is 67.9 Å². The predicted molar refractivity (Wildman–Crippen MR) is 81.4 cm³/mol. The number of hydrogen-bond acceptors (Lipinski definition) is 6. The summed E-state index contributed by atoms with van der Waals surface area (Å²) in [6, 6.07) is 0.897. The average molecular weight is 368 g/mol. The highest BCUT2D eigenvalue weighted by atomic mass is 32.2. The van der Waals surface area contributed by atoms with Gasteiger partial charge in [0, 0.05) is 31.4 Å². The van der Waals surface area contributed by atoms with Crippen molar-refractivity contribution in [2.75, 3.05) is 37.9 Å². The molecule has 24 heavy (non-hydrogen) atoms. The summed E-state index contributed by atoms with van der Waals surface area (Å²) in [6.07, 6.45) is -1.71. The lowest BCUT2D eigenvalue weighted by Crippen LogP contribution is -2.50. The topological polar surface area (TPSA) is 75.6 Å². The number of halogens is 3. The summed E-state index contributed by atoms with van der Waals surface area (Å²) in [6.45, 7) is -0.740. The Hall–Kier alpha value is -1.62. The minimum atomic E-state index is -4.57. The molecule has 11 heteroatoms. The van der Waals surface area contributed by atoms with E-state index in [1.165, 1.54) is 13.3 Å². The summed E-state index contributed by atoms with van der Waals surface area (Å²) in [5, 5.41) is 0. The van der Waals surface area contributed by atoms with Crippen LogP contribution < -0.4 is 9.64 Å². The number of alkyl halides is 3. The van der Waals surface area contributed by atoms with Crippen LogP contribution in [0.3, 0.4) is 0 Å². The fourth-order valence-electron chi connectivity index (χ4n) is 2.65. The standard InChI is InChI=1S/C13H19F3N4O3S/c1-23-11-3-6-17-12(18-11)19-7-4-10(5-8-19)20(24(2,21)22)9-13(14,15)16/h3,6,10H,4-5,7-9H2,1-2H3. The van der Waals surface area contributed by atoms with Crippen molar-refractivity contribution in [3.05, 3.63) is 12.3 Å². The van der Waals surface area contributed by atoms with Crippen LogP contribution in [0.4, 0.5) is 19.1 Å². The number of piperidine rings is 1. The fraction of sp³-hybridized carbons (Fsp3) is 0.692. The van der Waals surface area contributed by atoms with Gasteiger partial charge < -0.3 is 9.64 Å². The van der Waals surface area contributed by atoms with Crippen LogP contribution in [-0.2, 0) is 10.0 Å². The Kier molecular flexibility index (Phi) is 5.53. The lowest BCUT2D eigenvalue weighted by molar-refractivity contribution is -0.139. The third kappa shape index (κ3) is 4.94. The predicted octanol–water partition coefficient (Wildman–Crippen LogP) is 1.28. The van der Waals surface area contributed by atoms with E-state index in [0.29, 0.717) is 29.2 Å². The van der Waals surface area contributed by atoms with Gasteiger partial charge in [-0.2, -0.15) is 22.5 Å². The first-order valence-electron chi connectivity index (χ1n) is 7.26. The molecule has 0 N–H and O–H groups in total. The van der Waals surface area contributed by atoms with E-state index in [0.717, 1.165) is 6.26 Å². The summed E-state index contributed by atoms with van der Waals surface area (Å²) < 4.78 is 67.0. The molecule has 0 atom stereocenters. The maximum Gasteiger partial charge on any atom is 0.402 e. The van der Waals surface area contributed by atoms with Crippen molar-refractivity contribution in [2.45, 2.75) is 25.1 Å². The van der Waals surface area contributed by atoms with Gasteiger partial charge in [-0.3, -0.25) is 0 Å². The number of rotatable bonds is 5. The molecular weight excluding hydrogens is 349 g/mol. The number of hydrogen-bond donors (Lipinski definition) is 0. The van der Waals surface area contributed by atoms with E-state index in [4.69, 9.17) is 4.74 Å². The van der Waals surface area contributed by atoms with Gasteiger partial charge >= 0.3 is 6.18 Å². The van der Waals surface area contributed by atoms with E-state index in [-0.39, 0.29) is 12.8 Å². The molecule has 0 amide bonds. The van der Waals surface area contributed by atoms with E-state index in [1.54, 1.807) is 11.0 Å². The number of methoxy groups -OCH3 is 1. The first kappa shape index (κ1) is 18.7. The Morgan fingerprint density at radius 3 is 2.50 bits per heavy atom. The Balaban J connectivity index is 2.07. The van der Waals surface area contributed by atoms with E-state index >= 15 is 0 Å². The molecule has 0 bridgehead atoms. The highest BCUT2D eigenvalue weighted by Gasteiger charge is 2.39. The van der Waals surface area contributed by atoms with Crippen LogP contribution in [0.5, 0.6) is 5.88 Å². The van der Waals surface area contributed by atoms with Crippen LogP contribution in [0.2, 0.25) is 0 Å². The summed E-state index contributed by atoms with van der Waals surface area (Å²) in [5.74, 6) is 0.798. The van der Waals surface area contributed by atoms with Crippen LogP contribution >= 0.6 is 0 Å². The van der Waals surface area contributed by atoms with Gasteiger partial charge in [0.15, 0.2) is 0 Å². The van der Waals surface area contributed by atoms with Crippen molar-refractivity contribution in [1.82, 2.24) is 14.3 Å². The quantitative estimate of drug-likeness (QED) is 0.779. The molecule has 1 aliphatic rings. The minimum absolute atomic E-state index is 0.268. The van der Waals surface area contributed by atoms with Gasteiger partial charge in [0.05, 0.1) is 13.4 Å². The zero-order valence-electron chi connectivity index (χ0n) is 13.3. The summed E-state index contributed by atoms with van der Waals surface area (Å²) >= 11 is 0. The molecule has 0 saturated carbocycles. The van der Waals surface area contributed by atoms with Gasteiger partial charge in [-0.1, -0.05) is 0 Å². The maximum absolute atomic E-state index is 12.7. The minimum Gasteiger partial charge on any atom is -0.481 e. The lowest BCUT2D eigenvalue weighted by Gasteiger charge is -2.37. The monoisotopic (exact) mass is 368 g/mol. The summed E-state index contributed by atoms with van der Waals surface area (Å²) in [4.78, 5) is 10.1. The largest absolute Gasteiger partial charge is 0.481 e. The zero-order chi connectivity index (χ0) is 18.0. The smallest absolute Gasteiger partial charge is 0.402 e. The third-order valence-electron chi connectivity index (χ3n) is 3.74. The number of sulfonamides is 1. The third-order valence-corrected chi connectivity index (χ3v) is 5.02. The Labute approximate surface area is 138 Å². The number of nitrogens with zero attached hydrogens (tertiary/aromatic N) is 4. The molecule has 136 valence electrons. The van der Waals surface area contributed by atoms with Crippen molar-refractivity contribution in [1.29, 1.82) is 0 Å². The first-order valence-corrected chi connectivity index (χ1v) is 9.10. The molecule has 0 aliphatic carbocycles. The van der Waals surface area contributed by atoms with Crippen molar-refractivity contribution in [2.24, 2.45) is 0 Å². The number of anilines is 1. The molecule has 0 unspecified atom stereocenters. The maximum atomic E-state index is 12.7. The summed E-state index contributed by atoms with van der Waals surface area (Å²) in [5.41, 5.74) is 0. The second-order valence-corrected chi connectivity index (χ2v) is 7.48. The van der Waals surface area contributed by atoms with E-state index in [1.807, 2.05) is 0 Å². The highest BCUT2D eigenvalue weighted by Crippen LogP contribution is 2.26. The average Bonchev–Trinajstić information content (AvgIpc) is 2.51. The van der Waals surface area contributed by atoms with Crippen LogP contribution in [0.15, 0.2) is 12.3 Å². The van der Waals surface area contributed by atoms with Crippen molar-refractivity contribution in [3.63, 3.8) is 0 Å². The lowest BCUT2D eigenvalue weighted by atomic mass is 10.1. The molecule has 2 heterocycles. The Morgan fingerprint density at radius 2 is 2.00 bits per heavy atom. The molecule has 1 aromatic rings. The van der Waals surface area contributed by atoms with E-state index in [9.17, 15) is 21.6 Å². The van der Waals surface area contributed by atoms with Crippen LogP contribution in [0, 0.1) is 0 Å². The van der Waals surface area contributed by atoms with Gasteiger partial charge in [0.1, 0.15) is 6.54 Å². The Bertz CT molecular complexity index is 661. The Morgan fingerprint density at radius 1 is 1.38 bits per heavy atom. The molecular formula is C13H19F3N4O3S. The number of ether oxygens (including phenoxy) is 1. The highest BCUT2D eigenvalue weighted by molar-refractivity contribution is 7.88. The summed E-state index contributed by atoms with van der Waals surface area (Å²) in [7, 11) is -2.48. The molecule has 1 aromatic heterocycles. The van der Waals surface area contributed by atoms with E-state index < -0.39 is 28.8 Å². The molecule has 7 nitrogen and oxygen atoms in total. The molecule has 0 spiro atoms. The number of aromatic nitrogens is 2. The van der Waals surface area contributed by atoms with Crippen molar-refractivity contribution < 1.29 is 26.3 Å². The molecule has 0 aromatic carbocycles. The van der Waals surface area contributed by atoms with E-state index in [2.05, 4.69) is 9.97 Å². The van der Waals surface area contributed by atoms with Crippen LogP contribution in [0.1, 0.15) is 12.8 Å². The van der Waals surface area contributed by atoms with Gasteiger partial charge in [-0.15, -0.1) is 0 Å². The van der Waals surface area contributed by atoms with Crippen molar-refractivity contribution in [3.8, 4) is 5.88 Å². The molecule has 1 saturated heterocycles. The molecule has 1 aliphatic heterocycles. The SMILES string of the molecule is COc1ccnc(N2CCC(N(CC(F)(F)F)S(C)(=O)=O)CC2)n1. The van der Waals surface area contributed by atoms with Crippen molar-refractivity contribution >= 4 is 16.0 Å². The molecule has 0 radical (unpaired) electrons. The zero-order valence-corrected chi connectivity index (χ0v) is 14.1. The van der Waals surface area contributed by atoms with Gasteiger partial charge in [-0.25, -0.2) is 13.4 Å². The second-order valence-electron chi connectivity index (χ2n) is 5.54. The van der Waals surface area contributed by atoms with Crippen LogP contribution in [0.25, 0.3) is 0 Å². The first-order chi connectivity index (χ1) is 11.1. The van der Waals surface area contributed by atoms with Gasteiger partial charge in [0.25, 0.3) is 0 Å².